The van der Waals surface area contributed by atoms with Gasteiger partial charge < -0.3 is 10.0 Å². The standard InChI is InChI=1S/C21H21N3O2/c25-15-14-24(13-12-17-6-2-1-3-7-17)21(26)11-10-18-16-22-19-8-4-5-9-20(19)23-18/h1-11,16,25H,12-15H2/b11-10+. The van der Waals surface area contributed by atoms with Crippen LogP contribution in [-0.4, -0.2) is 45.6 Å². The minimum absolute atomic E-state index is 0.0653. The molecule has 0 spiro atoms. The second kappa shape index (κ2) is 8.87. The van der Waals surface area contributed by atoms with Crippen LogP contribution in [-0.2, 0) is 11.2 Å². The maximum absolute atomic E-state index is 12.5. The number of amides is 1. The molecular formula is C21H21N3O2. The molecule has 0 saturated carbocycles. The van der Waals surface area contributed by atoms with E-state index in [1.807, 2.05) is 54.6 Å². The number of aliphatic hydroxyl groups is 1. The molecule has 3 rings (SSSR count). The van der Waals surface area contributed by atoms with Gasteiger partial charge in [0.2, 0.25) is 5.91 Å². The van der Waals surface area contributed by atoms with Gasteiger partial charge in [-0.3, -0.25) is 9.78 Å². The van der Waals surface area contributed by atoms with E-state index < -0.39 is 0 Å². The quantitative estimate of drug-likeness (QED) is 0.668. The highest BCUT2D eigenvalue weighted by Crippen LogP contribution is 2.09. The number of carbonyl (C=O) groups excluding carboxylic acids is 1. The van der Waals surface area contributed by atoms with Crippen LogP contribution in [0.25, 0.3) is 17.1 Å². The lowest BCUT2D eigenvalue weighted by Gasteiger charge is -2.20. The monoisotopic (exact) mass is 347 g/mol. The van der Waals surface area contributed by atoms with Crippen LogP contribution in [0.2, 0.25) is 0 Å². The molecule has 0 bridgehead atoms. The zero-order chi connectivity index (χ0) is 18.2. The highest BCUT2D eigenvalue weighted by atomic mass is 16.3. The van der Waals surface area contributed by atoms with Crippen LogP contribution in [0, 0.1) is 0 Å². The molecule has 3 aromatic rings. The third-order valence-corrected chi connectivity index (χ3v) is 4.06. The van der Waals surface area contributed by atoms with E-state index in [0.717, 1.165) is 23.0 Å². The van der Waals surface area contributed by atoms with Gasteiger partial charge in [-0.15, -0.1) is 0 Å². The van der Waals surface area contributed by atoms with Crippen molar-refractivity contribution in [1.82, 2.24) is 14.9 Å². The van der Waals surface area contributed by atoms with Crippen LogP contribution < -0.4 is 0 Å². The summed E-state index contributed by atoms with van der Waals surface area (Å²) < 4.78 is 0. The first kappa shape index (κ1) is 17.8. The van der Waals surface area contributed by atoms with E-state index in [9.17, 15) is 9.90 Å². The van der Waals surface area contributed by atoms with Crippen molar-refractivity contribution in [1.29, 1.82) is 0 Å². The molecule has 0 aliphatic rings. The molecule has 1 aromatic heterocycles. The Morgan fingerprint density at radius 2 is 1.73 bits per heavy atom. The number of benzene rings is 2. The lowest BCUT2D eigenvalue weighted by Crippen LogP contribution is -2.34. The SMILES string of the molecule is O=C(/C=C/c1cnc2ccccc2n1)N(CCO)CCc1ccccc1. The number of hydrogen-bond acceptors (Lipinski definition) is 4. The normalized spacial score (nSPS) is 11.1. The van der Waals surface area contributed by atoms with E-state index >= 15 is 0 Å². The summed E-state index contributed by atoms with van der Waals surface area (Å²) in [6, 6.07) is 17.6. The summed E-state index contributed by atoms with van der Waals surface area (Å²) in [7, 11) is 0. The van der Waals surface area contributed by atoms with Crippen LogP contribution in [0.3, 0.4) is 0 Å². The second-order valence-electron chi connectivity index (χ2n) is 5.90. The topological polar surface area (TPSA) is 66.3 Å². The largest absolute Gasteiger partial charge is 0.395 e. The van der Waals surface area contributed by atoms with E-state index in [2.05, 4.69) is 9.97 Å². The zero-order valence-electron chi connectivity index (χ0n) is 14.5. The predicted molar refractivity (Wildman–Crippen MR) is 102 cm³/mol. The number of rotatable bonds is 7. The van der Waals surface area contributed by atoms with E-state index in [0.29, 0.717) is 18.8 Å². The Morgan fingerprint density at radius 1 is 1.00 bits per heavy atom. The average molecular weight is 347 g/mol. The minimum Gasteiger partial charge on any atom is -0.395 e. The molecule has 0 atom stereocenters. The van der Waals surface area contributed by atoms with Crippen molar-refractivity contribution in [2.45, 2.75) is 6.42 Å². The Bertz CT molecular complexity index is 894. The molecule has 0 unspecified atom stereocenters. The van der Waals surface area contributed by atoms with Crippen molar-refractivity contribution in [3.05, 3.63) is 78.1 Å². The second-order valence-corrected chi connectivity index (χ2v) is 5.90. The van der Waals surface area contributed by atoms with Crippen LogP contribution in [0.1, 0.15) is 11.3 Å². The number of aromatic nitrogens is 2. The molecule has 1 N–H and O–H groups in total. The van der Waals surface area contributed by atoms with Crippen LogP contribution in [0.5, 0.6) is 0 Å². The van der Waals surface area contributed by atoms with Gasteiger partial charge in [-0.2, -0.15) is 0 Å². The van der Waals surface area contributed by atoms with Crippen molar-refractivity contribution >= 4 is 23.0 Å². The van der Waals surface area contributed by atoms with E-state index in [-0.39, 0.29) is 12.5 Å². The number of hydrogen-bond donors (Lipinski definition) is 1. The van der Waals surface area contributed by atoms with Crippen molar-refractivity contribution < 1.29 is 9.90 Å². The summed E-state index contributed by atoms with van der Waals surface area (Å²) in [4.78, 5) is 22.9. The van der Waals surface area contributed by atoms with Gasteiger partial charge in [0.1, 0.15) is 0 Å². The third kappa shape index (κ3) is 4.74. The molecule has 5 nitrogen and oxygen atoms in total. The fourth-order valence-corrected chi connectivity index (χ4v) is 2.68. The highest BCUT2D eigenvalue weighted by molar-refractivity contribution is 5.91. The number of para-hydroxylation sites is 2. The van der Waals surface area contributed by atoms with Gasteiger partial charge in [-0.25, -0.2) is 4.98 Å². The Hall–Kier alpha value is -3.05. The summed E-state index contributed by atoms with van der Waals surface area (Å²) in [6.07, 6.45) is 5.54. The number of fused-ring (bicyclic) bond motifs is 1. The summed E-state index contributed by atoms with van der Waals surface area (Å²) in [5, 5.41) is 9.25. The van der Waals surface area contributed by atoms with Gasteiger partial charge in [-0.1, -0.05) is 42.5 Å². The van der Waals surface area contributed by atoms with E-state index in [4.69, 9.17) is 0 Å². The first-order chi connectivity index (χ1) is 12.8. The lowest BCUT2D eigenvalue weighted by molar-refractivity contribution is -0.126. The third-order valence-electron chi connectivity index (χ3n) is 4.06. The summed E-state index contributed by atoms with van der Waals surface area (Å²) in [5.74, 6) is -0.148. The minimum atomic E-state index is -0.148. The van der Waals surface area contributed by atoms with Gasteiger partial charge in [0, 0.05) is 19.2 Å². The summed E-state index contributed by atoms with van der Waals surface area (Å²) in [5.41, 5.74) is 3.40. The zero-order valence-corrected chi connectivity index (χ0v) is 14.5. The van der Waals surface area contributed by atoms with Gasteiger partial charge >= 0.3 is 0 Å². The summed E-state index contributed by atoms with van der Waals surface area (Å²) >= 11 is 0. The molecular weight excluding hydrogens is 326 g/mol. The molecule has 1 heterocycles. The fraction of sp³-hybridized carbons (Fsp3) is 0.190. The Kier molecular flexibility index (Phi) is 6.06. The predicted octanol–water partition coefficient (Wildman–Crippen LogP) is 2.71. The van der Waals surface area contributed by atoms with Crippen LogP contribution in [0.15, 0.2) is 66.9 Å². The Balaban J connectivity index is 1.66. The van der Waals surface area contributed by atoms with Crippen LogP contribution >= 0.6 is 0 Å². The molecule has 26 heavy (non-hydrogen) atoms. The molecule has 5 heteroatoms. The molecule has 0 fully saturated rings. The van der Waals surface area contributed by atoms with Crippen molar-refractivity contribution in [3.8, 4) is 0 Å². The van der Waals surface area contributed by atoms with E-state index in [1.54, 1.807) is 17.2 Å². The molecule has 0 aliphatic carbocycles. The fourth-order valence-electron chi connectivity index (χ4n) is 2.68. The van der Waals surface area contributed by atoms with Crippen molar-refractivity contribution in [2.75, 3.05) is 19.7 Å². The molecule has 0 saturated heterocycles. The maximum atomic E-state index is 12.5. The first-order valence-electron chi connectivity index (χ1n) is 8.60. The molecule has 132 valence electrons. The molecule has 2 aromatic carbocycles. The van der Waals surface area contributed by atoms with Crippen LogP contribution in [0.4, 0.5) is 0 Å². The molecule has 0 aliphatic heterocycles. The van der Waals surface area contributed by atoms with E-state index in [1.165, 1.54) is 6.08 Å². The Morgan fingerprint density at radius 3 is 2.50 bits per heavy atom. The van der Waals surface area contributed by atoms with Crippen molar-refractivity contribution in [3.63, 3.8) is 0 Å². The van der Waals surface area contributed by atoms with Gasteiger partial charge in [0.25, 0.3) is 0 Å². The highest BCUT2D eigenvalue weighted by Gasteiger charge is 2.10. The smallest absolute Gasteiger partial charge is 0.246 e. The van der Waals surface area contributed by atoms with Gasteiger partial charge in [-0.05, 0) is 30.2 Å². The van der Waals surface area contributed by atoms with Gasteiger partial charge in [0.15, 0.2) is 0 Å². The number of nitrogens with zero attached hydrogens (tertiary/aromatic N) is 3. The first-order valence-corrected chi connectivity index (χ1v) is 8.60. The van der Waals surface area contributed by atoms with Crippen molar-refractivity contribution in [2.24, 2.45) is 0 Å². The molecule has 1 amide bonds. The molecule has 0 radical (unpaired) electrons. The maximum Gasteiger partial charge on any atom is 0.246 e. The lowest BCUT2D eigenvalue weighted by atomic mass is 10.1. The summed E-state index contributed by atoms with van der Waals surface area (Å²) in [6.45, 7) is 0.792. The number of carbonyl (C=O) groups is 1. The average Bonchev–Trinajstić information content (AvgIpc) is 2.70. The Labute approximate surface area is 152 Å². The number of aliphatic hydroxyl groups excluding tert-OH is 1. The van der Waals surface area contributed by atoms with Gasteiger partial charge in [0.05, 0.1) is 29.5 Å².